The summed E-state index contributed by atoms with van der Waals surface area (Å²) in [5.74, 6) is 1.64. The van der Waals surface area contributed by atoms with Crippen LogP contribution in [0.5, 0.6) is 0 Å². The van der Waals surface area contributed by atoms with Gasteiger partial charge in [-0.2, -0.15) is 5.21 Å². The Morgan fingerprint density at radius 3 is 2.15 bits per heavy atom. The molecule has 8 nitrogen and oxygen atoms in total. The van der Waals surface area contributed by atoms with Crippen LogP contribution in [0.2, 0.25) is 0 Å². The molecular weight excluding hydrogens is 488 g/mol. The van der Waals surface area contributed by atoms with Gasteiger partial charge >= 0.3 is 0 Å². The molecule has 3 aromatic rings. The zero-order valence-electron chi connectivity index (χ0n) is 24.8. The molecule has 1 aromatic heterocycles. The van der Waals surface area contributed by atoms with Crippen LogP contribution >= 0.6 is 0 Å². The summed E-state index contributed by atoms with van der Waals surface area (Å²) in [6.45, 7) is 13.2. The molecule has 1 fully saturated rings. The van der Waals surface area contributed by atoms with E-state index < -0.39 is 5.54 Å². The molecule has 1 amide bonds. The number of H-pyrrole nitrogens is 1. The SMILES string of the molecule is CC.CC.CC.COCCCC1=NC2(CCCC2)C(=O)N1Cc1ccc(-c2ccccc2-c2nn[nH]n2)cc1. The Balaban J connectivity index is 0.000000833. The lowest BCUT2D eigenvalue weighted by Crippen LogP contribution is -2.40. The number of amidine groups is 1. The standard InChI is InChI=1S/C25H28N6O2.3C2H6/c1-33-16-6-9-22-26-25(14-4-5-15-25)24(32)31(22)17-18-10-12-19(13-11-18)20-7-2-3-8-21(20)23-27-29-30-28-23;3*1-2/h2-3,7-8,10-13H,4-6,9,14-17H2,1H3,(H,27,28,29,30);3*1-2H3. The van der Waals surface area contributed by atoms with E-state index in [1.54, 1.807) is 7.11 Å². The number of benzene rings is 2. The summed E-state index contributed by atoms with van der Waals surface area (Å²) in [7, 11) is 1.70. The zero-order chi connectivity index (χ0) is 28.7. The molecule has 8 heteroatoms. The van der Waals surface area contributed by atoms with Crippen LogP contribution in [0.25, 0.3) is 22.5 Å². The Morgan fingerprint density at radius 2 is 1.56 bits per heavy atom. The number of hydrogen-bond donors (Lipinski definition) is 1. The average molecular weight is 535 g/mol. The van der Waals surface area contributed by atoms with Gasteiger partial charge in [0.1, 0.15) is 11.4 Å². The Hall–Kier alpha value is -3.39. The molecule has 0 unspecified atom stereocenters. The van der Waals surface area contributed by atoms with Crippen molar-refractivity contribution < 1.29 is 9.53 Å². The van der Waals surface area contributed by atoms with E-state index >= 15 is 0 Å². The second-order valence-corrected chi connectivity index (χ2v) is 8.73. The summed E-state index contributed by atoms with van der Waals surface area (Å²) >= 11 is 0. The molecule has 0 saturated heterocycles. The van der Waals surface area contributed by atoms with Crippen LogP contribution in [0.15, 0.2) is 53.5 Å². The van der Waals surface area contributed by atoms with Crippen molar-refractivity contribution in [2.75, 3.05) is 13.7 Å². The van der Waals surface area contributed by atoms with Crippen LogP contribution in [-0.4, -0.2) is 56.5 Å². The second-order valence-electron chi connectivity index (χ2n) is 8.73. The summed E-state index contributed by atoms with van der Waals surface area (Å²) in [6.07, 6.45) is 5.49. The maximum atomic E-state index is 13.4. The molecule has 2 heterocycles. The molecule has 1 saturated carbocycles. The van der Waals surface area contributed by atoms with Crippen molar-refractivity contribution in [3.05, 3.63) is 54.1 Å². The topological polar surface area (TPSA) is 96.4 Å². The molecule has 1 spiro atoms. The smallest absolute Gasteiger partial charge is 0.256 e. The first kappa shape index (κ1) is 31.8. The highest BCUT2D eigenvalue weighted by Gasteiger charge is 2.49. The number of aromatic nitrogens is 4. The second kappa shape index (κ2) is 16.5. The lowest BCUT2D eigenvalue weighted by molar-refractivity contribution is -0.131. The van der Waals surface area contributed by atoms with Crippen molar-refractivity contribution >= 4 is 11.7 Å². The largest absolute Gasteiger partial charge is 0.385 e. The van der Waals surface area contributed by atoms with Crippen molar-refractivity contribution in [3.63, 3.8) is 0 Å². The van der Waals surface area contributed by atoms with Gasteiger partial charge in [-0.25, -0.2) is 0 Å². The third-order valence-electron chi connectivity index (χ3n) is 6.60. The van der Waals surface area contributed by atoms with Gasteiger partial charge in [0, 0.05) is 25.7 Å². The molecule has 39 heavy (non-hydrogen) atoms. The van der Waals surface area contributed by atoms with E-state index in [0.717, 1.165) is 66.6 Å². The number of aromatic amines is 1. The van der Waals surface area contributed by atoms with Crippen molar-refractivity contribution in [3.8, 4) is 22.5 Å². The highest BCUT2D eigenvalue weighted by Crippen LogP contribution is 2.40. The van der Waals surface area contributed by atoms with Crippen molar-refractivity contribution in [2.24, 2.45) is 4.99 Å². The fourth-order valence-corrected chi connectivity index (χ4v) is 4.92. The highest BCUT2D eigenvalue weighted by molar-refractivity contribution is 6.08. The van der Waals surface area contributed by atoms with Gasteiger partial charge < -0.3 is 4.74 Å². The Kier molecular flexibility index (Phi) is 13.5. The predicted octanol–water partition coefficient (Wildman–Crippen LogP) is 7.09. The molecule has 212 valence electrons. The Morgan fingerprint density at radius 1 is 0.923 bits per heavy atom. The van der Waals surface area contributed by atoms with Crippen LogP contribution in [-0.2, 0) is 16.1 Å². The molecule has 0 radical (unpaired) electrons. The van der Waals surface area contributed by atoms with E-state index in [0.29, 0.717) is 19.0 Å². The first-order valence-electron chi connectivity index (χ1n) is 14.5. The monoisotopic (exact) mass is 534 g/mol. The summed E-state index contributed by atoms with van der Waals surface area (Å²) in [5.41, 5.74) is 3.58. The van der Waals surface area contributed by atoms with Gasteiger partial charge in [-0.1, -0.05) is 103 Å². The molecule has 2 aliphatic rings. The van der Waals surface area contributed by atoms with E-state index in [9.17, 15) is 4.79 Å². The number of amides is 1. The highest BCUT2D eigenvalue weighted by atomic mass is 16.5. The molecule has 0 bridgehead atoms. The molecule has 1 aliphatic heterocycles. The fourth-order valence-electron chi connectivity index (χ4n) is 4.92. The van der Waals surface area contributed by atoms with Gasteiger partial charge in [0.25, 0.3) is 5.91 Å². The molecule has 1 aliphatic carbocycles. The minimum Gasteiger partial charge on any atom is -0.385 e. The van der Waals surface area contributed by atoms with Crippen molar-refractivity contribution in [1.29, 1.82) is 0 Å². The maximum absolute atomic E-state index is 13.4. The van der Waals surface area contributed by atoms with E-state index in [4.69, 9.17) is 9.73 Å². The van der Waals surface area contributed by atoms with Gasteiger partial charge in [-0.15, -0.1) is 10.2 Å². The van der Waals surface area contributed by atoms with Gasteiger partial charge in [-0.3, -0.25) is 14.7 Å². The molecule has 2 aromatic carbocycles. The number of carbonyl (C=O) groups excluding carboxylic acids is 1. The maximum Gasteiger partial charge on any atom is 0.256 e. The number of rotatable bonds is 8. The molecule has 1 N–H and O–H groups in total. The zero-order valence-corrected chi connectivity index (χ0v) is 24.8. The fraction of sp³-hybridized carbons (Fsp3) is 0.516. The summed E-state index contributed by atoms with van der Waals surface area (Å²) in [5, 5.41) is 14.5. The van der Waals surface area contributed by atoms with Crippen molar-refractivity contribution in [1.82, 2.24) is 25.5 Å². The van der Waals surface area contributed by atoms with Gasteiger partial charge in [0.2, 0.25) is 5.82 Å². The number of nitrogens with zero attached hydrogens (tertiary/aromatic N) is 5. The van der Waals surface area contributed by atoms with E-state index in [2.05, 4.69) is 51.0 Å². The predicted molar refractivity (Wildman–Crippen MR) is 159 cm³/mol. The van der Waals surface area contributed by atoms with Crippen LogP contribution in [0.3, 0.4) is 0 Å². The van der Waals surface area contributed by atoms with Crippen LogP contribution in [0, 0.1) is 0 Å². The van der Waals surface area contributed by atoms with E-state index in [1.807, 2.05) is 64.6 Å². The van der Waals surface area contributed by atoms with Crippen LogP contribution < -0.4 is 0 Å². The molecular formula is C31H46N6O2. The summed E-state index contributed by atoms with van der Waals surface area (Å²) in [4.78, 5) is 20.3. The number of nitrogens with one attached hydrogen (secondary N) is 1. The summed E-state index contributed by atoms with van der Waals surface area (Å²) < 4.78 is 5.22. The molecule has 5 rings (SSSR count). The number of carbonyl (C=O) groups is 1. The van der Waals surface area contributed by atoms with E-state index in [-0.39, 0.29) is 5.91 Å². The lowest BCUT2D eigenvalue weighted by Gasteiger charge is -2.23. The van der Waals surface area contributed by atoms with Crippen LogP contribution in [0.1, 0.15) is 85.6 Å². The summed E-state index contributed by atoms with van der Waals surface area (Å²) in [6, 6.07) is 16.3. The third kappa shape index (κ3) is 7.60. The molecule has 0 atom stereocenters. The number of methoxy groups -OCH3 is 1. The normalized spacial score (nSPS) is 15.0. The number of aliphatic imine (C=N–C) groups is 1. The third-order valence-corrected chi connectivity index (χ3v) is 6.60. The van der Waals surface area contributed by atoms with Gasteiger partial charge in [0.05, 0.1) is 6.54 Å². The first-order chi connectivity index (χ1) is 19.2. The van der Waals surface area contributed by atoms with Crippen LogP contribution in [0.4, 0.5) is 0 Å². The van der Waals surface area contributed by atoms with E-state index in [1.165, 1.54) is 0 Å². The minimum absolute atomic E-state index is 0.166. The van der Waals surface area contributed by atoms with Gasteiger partial charge in [-0.05, 0) is 41.2 Å². The lowest BCUT2D eigenvalue weighted by atomic mass is 9.97. The Bertz CT molecular complexity index is 1140. The number of hydrogen-bond acceptors (Lipinski definition) is 6. The Labute approximate surface area is 234 Å². The minimum atomic E-state index is -0.522. The first-order valence-corrected chi connectivity index (χ1v) is 14.5. The average Bonchev–Trinajstić information content (AvgIpc) is 3.77. The van der Waals surface area contributed by atoms with Crippen molar-refractivity contribution in [2.45, 2.75) is 92.2 Å². The quantitative estimate of drug-likeness (QED) is 0.311. The van der Waals surface area contributed by atoms with Gasteiger partial charge in [0.15, 0.2) is 0 Å². The number of ether oxygens (including phenoxy) is 1. The number of tetrazole rings is 1.